The van der Waals surface area contributed by atoms with Crippen molar-refractivity contribution in [2.45, 2.75) is 39.5 Å². The molecule has 2 aromatic rings. The van der Waals surface area contributed by atoms with Crippen molar-refractivity contribution in [2.75, 3.05) is 13.1 Å². The molecule has 3 rings (SSSR count). The van der Waals surface area contributed by atoms with Crippen LogP contribution in [0.3, 0.4) is 0 Å². The van der Waals surface area contributed by atoms with Crippen molar-refractivity contribution in [1.82, 2.24) is 9.88 Å². The third kappa shape index (κ3) is 3.06. The molecular formula is C18H22N2O2. The van der Waals surface area contributed by atoms with E-state index in [9.17, 15) is 4.79 Å². The number of hydrogen-bond donors (Lipinski definition) is 0. The van der Waals surface area contributed by atoms with Crippen LogP contribution in [0.2, 0.25) is 0 Å². The molecule has 1 aliphatic rings. The van der Waals surface area contributed by atoms with Gasteiger partial charge in [0.15, 0.2) is 5.89 Å². The molecule has 0 radical (unpaired) electrons. The van der Waals surface area contributed by atoms with Crippen LogP contribution < -0.4 is 0 Å². The molecule has 0 bridgehead atoms. The molecule has 0 spiro atoms. The normalized spacial score (nSPS) is 18.0. The van der Waals surface area contributed by atoms with Gasteiger partial charge in [-0.2, -0.15) is 0 Å². The van der Waals surface area contributed by atoms with Gasteiger partial charge >= 0.3 is 0 Å². The fourth-order valence-electron chi connectivity index (χ4n) is 3.27. The lowest BCUT2D eigenvalue weighted by atomic mass is 9.93. The minimum Gasteiger partial charge on any atom is -0.446 e. The number of oxazole rings is 1. The molecule has 0 aliphatic carbocycles. The van der Waals surface area contributed by atoms with E-state index in [-0.39, 0.29) is 5.91 Å². The summed E-state index contributed by atoms with van der Waals surface area (Å²) in [5.74, 6) is 1.83. The lowest BCUT2D eigenvalue weighted by molar-refractivity contribution is -0.129. The first kappa shape index (κ1) is 14.8. The average molecular weight is 298 g/mol. The molecule has 4 nitrogen and oxygen atoms in total. The summed E-state index contributed by atoms with van der Waals surface area (Å²) in [7, 11) is 0. The molecule has 1 amide bonds. The second kappa shape index (κ2) is 5.95. The van der Waals surface area contributed by atoms with Crippen LogP contribution in [-0.4, -0.2) is 28.9 Å². The van der Waals surface area contributed by atoms with Crippen LogP contribution in [0.1, 0.15) is 40.7 Å². The van der Waals surface area contributed by atoms with E-state index in [4.69, 9.17) is 4.42 Å². The predicted molar refractivity (Wildman–Crippen MR) is 84.8 cm³/mol. The molecule has 0 N–H and O–H groups in total. The quantitative estimate of drug-likeness (QED) is 0.874. The standard InChI is InChI=1S/C18H22N2O2/c1-12-4-5-17(13(2)8-12)15-6-7-20(11-15)18(21)9-16-10-19-14(3)22-16/h4-5,8,10,15H,6-7,9,11H2,1-3H3. The molecule has 116 valence electrons. The lowest BCUT2D eigenvalue weighted by Crippen LogP contribution is -2.29. The fourth-order valence-corrected chi connectivity index (χ4v) is 3.27. The zero-order chi connectivity index (χ0) is 15.7. The molecule has 1 fully saturated rings. The summed E-state index contributed by atoms with van der Waals surface area (Å²) in [6.07, 6.45) is 2.98. The van der Waals surface area contributed by atoms with Crippen molar-refractivity contribution in [3.05, 3.63) is 52.7 Å². The maximum absolute atomic E-state index is 12.4. The van der Waals surface area contributed by atoms with Gasteiger partial charge in [-0.25, -0.2) is 4.98 Å². The van der Waals surface area contributed by atoms with E-state index in [0.717, 1.165) is 19.5 Å². The SMILES string of the molecule is Cc1ccc(C2CCN(C(=O)Cc3cnc(C)o3)C2)c(C)c1. The number of aromatic nitrogens is 1. The van der Waals surface area contributed by atoms with Gasteiger partial charge in [-0.3, -0.25) is 4.79 Å². The van der Waals surface area contributed by atoms with Crippen LogP contribution in [0.4, 0.5) is 0 Å². The Labute approximate surface area is 131 Å². The molecule has 4 heteroatoms. The van der Waals surface area contributed by atoms with Gasteiger partial charge in [0.2, 0.25) is 5.91 Å². The summed E-state index contributed by atoms with van der Waals surface area (Å²) in [4.78, 5) is 18.4. The molecule has 1 aliphatic heterocycles. The Hall–Kier alpha value is -2.10. The van der Waals surface area contributed by atoms with Crippen LogP contribution in [0, 0.1) is 20.8 Å². The number of likely N-dealkylation sites (tertiary alicyclic amines) is 1. The summed E-state index contributed by atoms with van der Waals surface area (Å²) < 4.78 is 5.40. The second-order valence-corrected chi connectivity index (χ2v) is 6.21. The van der Waals surface area contributed by atoms with Crippen LogP contribution in [-0.2, 0) is 11.2 Å². The number of amides is 1. The number of carbonyl (C=O) groups is 1. The number of carbonyl (C=O) groups excluding carboxylic acids is 1. The van der Waals surface area contributed by atoms with Crippen molar-refractivity contribution in [3.8, 4) is 0 Å². The monoisotopic (exact) mass is 298 g/mol. The third-order valence-electron chi connectivity index (χ3n) is 4.40. The molecule has 1 atom stereocenters. The van der Waals surface area contributed by atoms with Crippen LogP contribution in [0.15, 0.2) is 28.8 Å². The second-order valence-electron chi connectivity index (χ2n) is 6.21. The number of rotatable bonds is 3. The topological polar surface area (TPSA) is 46.3 Å². The van der Waals surface area contributed by atoms with Gasteiger partial charge in [-0.1, -0.05) is 23.8 Å². The third-order valence-corrected chi connectivity index (χ3v) is 4.40. The van der Waals surface area contributed by atoms with E-state index in [0.29, 0.717) is 24.0 Å². The molecule has 1 aromatic heterocycles. The minimum absolute atomic E-state index is 0.128. The Morgan fingerprint density at radius 3 is 2.86 bits per heavy atom. The van der Waals surface area contributed by atoms with Crippen molar-refractivity contribution in [3.63, 3.8) is 0 Å². The smallest absolute Gasteiger partial charge is 0.230 e. The summed E-state index contributed by atoms with van der Waals surface area (Å²) >= 11 is 0. The van der Waals surface area contributed by atoms with Gasteiger partial charge in [-0.05, 0) is 31.4 Å². The Morgan fingerprint density at radius 2 is 2.18 bits per heavy atom. The van der Waals surface area contributed by atoms with E-state index in [2.05, 4.69) is 37.0 Å². The maximum atomic E-state index is 12.4. The van der Waals surface area contributed by atoms with Crippen molar-refractivity contribution in [1.29, 1.82) is 0 Å². The molecule has 1 saturated heterocycles. The number of benzene rings is 1. The van der Waals surface area contributed by atoms with Gasteiger partial charge in [0.1, 0.15) is 5.76 Å². The number of nitrogens with zero attached hydrogens (tertiary/aromatic N) is 2. The van der Waals surface area contributed by atoms with Crippen molar-refractivity contribution < 1.29 is 9.21 Å². The Bertz CT molecular complexity index is 690. The molecular weight excluding hydrogens is 276 g/mol. The molecule has 0 saturated carbocycles. The van der Waals surface area contributed by atoms with E-state index in [1.807, 2.05) is 4.90 Å². The zero-order valence-electron chi connectivity index (χ0n) is 13.4. The van der Waals surface area contributed by atoms with E-state index in [1.165, 1.54) is 16.7 Å². The molecule has 2 heterocycles. The van der Waals surface area contributed by atoms with Crippen LogP contribution >= 0.6 is 0 Å². The van der Waals surface area contributed by atoms with Crippen LogP contribution in [0.5, 0.6) is 0 Å². The van der Waals surface area contributed by atoms with Crippen molar-refractivity contribution >= 4 is 5.91 Å². The zero-order valence-corrected chi connectivity index (χ0v) is 13.4. The van der Waals surface area contributed by atoms with E-state index < -0.39 is 0 Å². The van der Waals surface area contributed by atoms with Gasteiger partial charge in [-0.15, -0.1) is 0 Å². The summed E-state index contributed by atoms with van der Waals surface area (Å²) in [5, 5.41) is 0. The predicted octanol–water partition coefficient (Wildman–Crippen LogP) is 3.16. The molecule has 1 unspecified atom stereocenters. The Kier molecular flexibility index (Phi) is 4.01. The first-order chi connectivity index (χ1) is 10.5. The summed E-state index contributed by atoms with van der Waals surface area (Å²) in [5.41, 5.74) is 3.98. The fraction of sp³-hybridized carbons (Fsp3) is 0.444. The van der Waals surface area contributed by atoms with Crippen LogP contribution in [0.25, 0.3) is 0 Å². The van der Waals surface area contributed by atoms with E-state index in [1.54, 1.807) is 13.1 Å². The lowest BCUT2D eigenvalue weighted by Gasteiger charge is -2.17. The number of hydrogen-bond acceptors (Lipinski definition) is 3. The summed E-state index contributed by atoms with van der Waals surface area (Å²) in [6, 6.07) is 6.59. The average Bonchev–Trinajstić information content (AvgIpc) is 3.08. The Balaban J connectivity index is 1.65. The highest BCUT2D eigenvalue weighted by Gasteiger charge is 2.28. The maximum Gasteiger partial charge on any atom is 0.230 e. The molecule has 1 aromatic carbocycles. The highest BCUT2D eigenvalue weighted by atomic mass is 16.4. The highest BCUT2D eigenvalue weighted by Crippen LogP contribution is 2.30. The summed E-state index contributed by atoms with van der Waals surface area (Å²) in [6.45, 7) is 7.69. The van der Waals surface area contributed by atoms with Gasteiger partial charge in [0, 0.05) is 25.9 Å². The number of aryl methyl sites for hydroxylation is 3. The van der Waals surface area contributed by atoms with Gasteiger partial charge < -0.3 is 9.32 Å². The van der Waals surface area contributed by atoms with Crippen molar-refractivity contribution in [2.24, 2.45) is 0 Å². The minimum atomic E-state index is 0.128. The van der Waals surface area contributed by atoms with Gasteiger partial charge in [0.05, 0.1) is 12.6 Å². The largest absolute Gasteiger partial charge is 0.446 e. The Morgan fingerprint density at radius 1 is 1.36 bits per heavy atom. The van der Waals surface area contributed by atoms with E-state index >= 15 is 0 Å². The highest BCUT2D eigenvalue weighted by molar-refractivity contribution is 5.78. The van der Waals surface area contributed by atoms with Gasteiger partial charge in [0.25, 0.3) is 0 Å². The first-order valence-electron chi connectivity index (χ1n) is 7.79. The first-order valence-corrected chi connectivity index (χ1v) is 7.79. The molecule has 22 heavy (non-hydrogen) atoms.